The summed E-state index contributed by atoms with van der Waals surface area (Å²) < 4.78 is 18.2. The van der Waals surface area contributed by atoms with E-state index >= 15 is 0 Å². The molecule has 7 heavy (non-hydrogen) atoms. The third-order valence-corrected chi connectivity index (χ3v) is 0.707. The molecule has 2 nitrogen and oxygen atoms in total. The summed E-state index contributed by atoms with van der Waals surface area (Å²) in [6.45, 7) is 2.50. The Labute approximate surface area is 40.3 Å². The first kappa shape index (κ1) is 6.78. The van der Waals surface area contributed by atoms with Gasteiger partial charge >= 0.3 is 0 Å². The molecular weight excluding hydrogens is 104 g/mol. The van der Waals surface area contributed by atoms with Gasteiger partial charge in [-0.05, 0) is 28.6 Å². The van der Waals surface area contributed by atoms with Gasteiger partial charge in [-0.15, -0.1) is 0 Å². The monoisotopic (exact) mass is 111 g/mol. The standard InChI is InChI=1S/C3H7N.F2O/c1-2-4-3-1;1-3-2/h4H,1-3H2;. The fourth-order valence-electron chi connectivity index (χ4n) is 0.177. The van der Waals surface area contributed by atoms with E-state index in [4.69, 9.17) is 9.05 Å². The molecule has 0 aromatic rings. The quantitative estimate of drug-likeness (QED) is 0.498. The summed E-state index contributed by atoms with van der Waals surface area (Å²) in [5, 5.41) is 4.36. The first-order chi connectivity index (χ1) is 3.41. The van der Waals surface area contributed by atoms with E-state index in [1.165, 1.54) is 24.7 Å². The van der Waals surface area contributed by atoms with E-state index in [-0.39, 0.29) is 0 Å². The number of hydrogen-bond donors (Lipinski definition) is 1. The van der Waals surface area contributed by atoms with Crippen LogP contribution in [-0.2, 0) is 5.15 Å². The molecule has 1 heterocycles. The minimum absolute atomic E-state index is 1.25. The Bertz CT molecular complexity index is 28.1. The Morgan fingerprint density at radius 3 is 1.43 bits per heavy atom. The van der Waals surface area contributed by atoms with E-state index in [9.17, 15) is 0 Å². The van der Waals surface area contributed by atoms with Crippen LogP contribution in [0, 0.1) is 0 Å². The number of halogens is 2. The molecule has 1 rings (SSSR count). The minimum Gasteiger partial charge on any atom is -0.317 e. The summed E-state index contributed by atoms with van der Waals surface area (Å²) in [4.78, 5) is 0. The molecule has 0 aromatic heterocycles. The van der Waals surface area contributed by atoms with Gasteiger partial charge in [0.15, 0.2) is 0 Å². The molecule has 0 atom stereocenters. The van der Waals surface area contributed by atoms with Crippen LogP contribution in [-0.4, -0.2) is 13.1 Å². The van der Waals surface area contributed by atoms with Gasteiger partial charge in [-0.3, -0.25) is 0 Å². The molecule has 44 valence electrons. The van der Waals surface area contributed by atoms with Crippen molar-refractivity contribution in [2.45, 2.75) is 6.42 Å². The Morgan fingerprint density at radius 1 is 1.29 bits per heavy atom. The van der Waals surface area contributed by atoms with Crippen molar-refractivity contribution >= 4 is 0 Å². The SMILES string of the molecule is C1CNC1.FOF. The predicted molar refractivity (Wildman–Crippen MR) is 20.8 cm³/mol. The van der Waals surface area contributed by atoms with E-state index in [0.29, 0.717) is 0 Å². The molecule has 0 bridgehead atoms. The van der Waals surface area contributed by atoms with Crippen LogP contribution in [0.1, 0.15) is 6.42 Å². The number of hydrogen-bond acceptors (Lipinski definition) is 2. The fraction of sp³-hybridized carbons (Fsp3) is 1.00. The fourth-order valence-corrected chi connectivity index (χ4v) is 0.177. The lowest BCUT2D eigenvalue weighted by atomic mass is 10.3. The predicted octanol–water partition coefficient (Wildman–Crippen LogP) is 0.752. The van der Waals surface area contributed by atoms with Gasteiger partial charge in [-0.25, -0.2) is 0 Å². The summed E-state index contributed by atoms with van der Waals surface area (Å²) in [6, 6.07) is 0. The zero-order chi connectivity index (χ0) is 5.54. The van der Waals surface area contributed by atoms with Gasteiger partial charge in [-0.2, -0.15) is 0 Å². The second-order valence-corrected chi connectivity index (χ2v) is 1.16. The van der Waals surface area contributed by atoms with Crippen LogP contribution in [0.15, 0.2) is 0 Å². The first-order valence-corrected chi connectivity index (χ1v) is 2.02. The zero-order valence-electron chi connectivity index (χ0n) is 3.79. The summed E-state index contributed by atoms with van der Waals surface area (Å²) in [6.07, 6.45) is 1.39. The normalized spacial score (nSPS) is 16.3. The Hall–Kier alpha value is -0.220. The lowest BCUT2D eigenvalue weighted by molar-refractivity contribution is -0.317. The van der Waals surface area contributed by atoms with Crippen molar-refractivity contribution in [1.82, 2.24) is 5.32 Å². The molecule has 1 aliphatic heterocycles. The van der Waals surface area contributed by atoms with Crippen LogP contribution in [0.25, 0.3) is 0 Å². The van der Waals surface area contributed by atoms with Crippen LogP contribution in [0.2, 0.25) is 0 Å². The van der Waals surface area contributed by atoms with Gasteiger partial charge < -0.3 is 5.32 Å². The lowest BCUT2D eigenvalue weighted by Crippen LogP contribution is -2.29. The van der Waals surface area contributed by atoms with E-state index < -0.39 is 0 Å². The molecular formula is C3H7F2NO. The van der Waals surface area contributed by atoms with Crippen molar-refractivity contribution in [1.29, 1.82) is 0 Å². The van der Waals surface area contributed by atoms with E-state index in [1.54, 1.807) is 0 Å². The highest BCUT2D eigenvalue weighted by atomic mass is 19.6. The third kappa shape index (κ3) is 5.78. The average Bonchev–Trinajstić information content (AvgIpc) is 1.27. The maximum absolute atomic E-state index is 9.12. The van der Waals surface area contributed by atoms with Crippen LogP contribution in [0.5, 0.6) is 0 Å². The van der Waals surface area contributed by atoms with Crippen molar-refractivity contribution in [2.24, 2.45) is 0 Å². The molecule has 1 saturated heterocycles. The van der Waals surface area contributed by atoms with Crippen LogP contribution in [0.3, 0.4) is 0 Å². The maximum Gasteiger partial charge on any atom is 0.0209 e. The average molecular weight is 111 g/mol. The van der Waals surface area contributed by atoms with Crippen molar-refractivity contribution in [3.05, 3.63) is 0 Å². The second kappa shape index (κ2) is 5.78. The molecule has 0 aromatic carbocycles. The Balaban J connectivity index is 0.000000110. The van der Waals surface area contributed by atoms with Gasteiger partial charge in [0.25, 0.3) is 0 Å². The smallest absolute Gasteiger partial charge is 0.0209 e. The molecule has 0 radical (unpaired) electrons. The van der Waals surface area contributed by atoms with Gasteiger partial charge in [0.05, 0.1) is 0 Å². The second-order valence-electron chi connectivity index (χ2n) is 1.16. The van der Waals surface area contributed by atoms with Crippen molar-refractivity contribution in [3.8, 4) is 0 Å². The van der Waals surface area contributed by atoms with Gasteiger partial charge in [-0.1, -0.05) is 0 Å². The molecule has 1 N–H and O–H groups in total. The topological polar surface area (TPSA) is 21.3 Å². The van der Waals surface area contributed by atoms with Crippen molar-refractivity contribution < 1.29 is 14.2 Å². The molecule has 4 heteroatoms. The van der Waals surface area contributed by atoms with Crippen LogP contribution in [0.4, 0.5) is 9.05 Å². The highest BCUT2D eigenvalue weighted by Crippen LogP contribution is 1.80. The maximum atomic E-state index is 9.12. The molecule has 0 spiro atoms. The van der Waals surface area contributed by atoms with Gasteiger partial charge in [0.1, 0.15) is 0 Å². The molecule has 0 unspecified atom stereocenters. The van der Waals surface area contributed by atoms with E-state index in [0.717, 1.165) is 0 Å². The van der Waals surface area contributed by atoms with Crippen LogP contribution >= 0.6 is 0 Å². The molecule has 0 amide bonds. The Morgan fingerprint density at radius 2 is 1.43 bits per heavy atom. The van der Waals surface area contributed by atoms with Gasteiger partial charge in [0, 0.05) is 5.15 Å². The summed E-state index contributed by atoms with van der Waals surface area (Å²) in [5.74, 6) is 0. The lowest BCUT2D eigenvalue weighted by Gasteiger charge is -2.09. The van der Waals surface area contributed by atoms with Crippen molar-refractivity contribution in [2.75, 3.05) is 13.1 Å². The third-order valence-electron chi connectivity index (χ3n) is 0.707. The largest absolute Gasteiger partial charge is 0.317 e. The van der Waals surface area contributed by atoms with E-state index in [1.807, 2.05) is 0 Å². The van der Waals surface area contributed by atoms with Gasteiger partial charge in [0.2, 0.25) is 0 Å². The summed E-state index contributed by atoms with van der Waals surface area (Å²) in [5.41, 5.74) is 0. The molecule has 0 aliphatic carbocycles. The number of rotatable bonds is 0. The van der Waals surface area contributed by atoms with Crippen molar-refractivity contribution in [3.63, 3.8) is 0 Å². The molecule has 0 saturated carbocycles. The number of nitrogens with one attached hydrogen (secondary N) is 1. The summed E-state index contributed by atoms with van der Waals surface area (Å²) in [7, 11) is 0. The molecule has 1 fully saturated rings. The zero-order valence-corrected chi connectivity index (χ0v) is 3.79. The highest BCUT2D eigenvalue weighted by Gasteiger charge is 1.92. The Kier molecular flexibility index (Phi) is 5.60. The van der Waals surface area contributed by atoms with Crippen LogP contribution < -0.4 is 5.32 Å². The minimum atomic E-state index is 1.25. The highest BCUT2D eigenvalue weighted by molar-refractivity contribution is 4.56. The molecule has 1 aliphatic rings. The first-order valence-electron chi connectivity index (χ1n) is 2.02. The van der Waals surface area contributed by atoms with E-state index in [2.05, 4.69) is 5.32 Å². The summed E-state index contributed by atoms with van der Waals surface area (Å²) >= 11 is 0.